The molecule has 3 N–H and O–H groups in total. The summed E-state index contributed by atoms with van der Waals surface area (Å²) in [6.45, 7) is 4.14. The molecule has 8 heteroatoms. The van der Waals surface area contributed by atoms with Crippen molar-refractivity contribution in [2.75, 3.05) is 5.75 Å². The summed E-state index contributed by atoms with van der Waals surface area (Å²) in [7, 11) is 0. The van der Waals surface area contributed by atoms with Crippen molar-refractivity contribution in [1.29, 1.82) is 0 Å². The summed E-state index contributed by atoms with van der Waals surface area (Å²) in [5.41, 5.74) is -0.689. The van der Waals surface area contributed by atoms with Crippen LogP contribution in [0.25, 0.3) is 0 Å². The van der Waals surface area contributed by atoms with Gasteiger partial charge in [0.05, 0.1) is 12.2 Å². The summed E-state index contributed by atoms with van der Waals surface area (Å²) >= 11 is 1.09. The van der Waals surface area contributed by atoms with Gasteiger partial charge in [0.1, 0.15) is 0 Å². The van der Waals surface area contributed by atoms with E-state index in [2.05, 4.69) is 6.92 Å². The van der Waals surface area contributed by atoms with E-state index in [1.54, 1.807) is 0 Å². The van der Waals surface area contributed by atoms with Gasteiger partial charge in [0.25, 0.3) is 0 Å². The SMILES string of the molecule is CCCC[C@@H](C)C[C@H](O)/C=C/[C@@H]1C(SCCCCCC(=O)O)=C(C(F)(F)F)C[C@H]1O. The number of carboxylic acid groups (broad SMARTS) is 1. The highest BCUT2D eigenvalue weighted by Crippen LogP contribution is 2.47. The molecule has 0 aliphatic heterocycles. The average Bonchev–Trinajstić information content (AvgIpc) is 2.96. The monoisotopic (exact) mass is 452 g/mol. The number of aliphatic hydroxyl groups excluding tert-OH is 2. The molecular formula is C22H35F3O4S. The first kappa shape index (κ1) is 27.0. The third kappa shape index (κ3) is 9.88. The van der Waals surface area contributed by atoms with Crippen molar-refractivity contribution in [3.8, 4) is 0 Å². The number of hydrogen-bond acceptors (Lipinski definition) is 4. The molecular weight excluding hydrogens is 417 g/mol. The number of hydrogen-bond donors (Lipinski definition) is 3. The van der Waals surface area contributed by atoms with E-state index in [0.717, 1.165) is 31.0 Å². The minimum absolute atomic E-state index is 0.0554. The lowest BCUT2D eigenvalue weighted by molar-refractivity contribution is -0.137. The molecule has 0 aromatic heterocycles. The molecule has 4 atom stereocenters. The number of rotatable bonds is 14. The molecule has 0 bridgehead atoms. The number of thioether (sulfide) groups is 1. The van der Waals surface area contributed by atoms with Gasteiger partial charge >= 0.3 is 12.1 Å². The van der Waals surface area contributed by atoms with E-state index in [1.165, 1.54) is 12.2 Å². The third-order valence-corrected chi connectivity index (χ3v) is 6.62. The fraction of sp³-hybridized carbons (Fsp3) is 0.773. The first-order chi connectivity index (χ1) is 14.1. The molecule has 1 aliphatic carbocycles. The van der Waals surface area contributed by atoms with Gasteiger partial charge in [-0.25, -0.2) is 0 Å². The summed E-state index contributed by atoms with van der Waals surface area (Å²) in [5, 5.41) is 29.1. The smallest absolute Gasteiger partial charge is 0.413 e. The maximum absolute atomic E-state index is 13.4. The van der Waals surface area contributed by atoms with Crippen LogP contribution < -0.4 is 0 Å². The Kier molecular flexibility index (Phi) is 12.1. The number of unbranched alkanes of at least 4 members (excludes halogenated alkanes) is 3. The van der Waals surface area contributed by atoms with Crippen LogP contribution in [-0.4, -0.2) is 45.4 Å². The summed E-state index contributed by atoms with van der Waals surface area (Å²) in [6, 6.07) is 0. The van der Waals surface area contributed by atoms with E-state index >= 15 is 0 Å². The van der Waals surface area contributed by atoms with Crippen LogP contribution in [0.3, 0.4) is 0 Å². The highest BCUT2D eigenvalue weighted by molar-refractivity contribution is 8.03. The van der Waals surface area contributed by atoms with E-state index in [0.29, 0.717) is 37.4 Å². The molecule has 1 aliphatic rings. The molecule has 0 radical (unpaired) electrons. The van der Waals surface area contributed by atoms with Gasteiger partial charge < -0.3 is 15.3 Å². The van der Waals surface area contributed by atoms with E-state index < -0.39 is 42.3 Å². The number of carbonyl (C=O) groups is 1. The molecule has 0 aromatic carbocycles. The van der Waals surface area contributed by atoms with Crippen LogP contribution in [0.4, 0.5) is 13.2 Å². The van der Waals surface area contributed by atoms with Crippen LogP contribution >= 0.6 is 11.8 Å². The van der Waals surface area contributed by atoms with Crippen molar-refractivity contribution in [2.24, 2.45) is 11.8 Å². The first-order valence-corrected chi connectivity index (χ1v) is 11.7. The molecule has 1 rings (SSSR count). The topological polar surface area (TPSA) is 77.8 Å². The molecule has 0 saturated heterocycles. The lowest BCUT2D eigenvalue weighted by Gasteiger charge is -2.17. The zero-order chi connectivity index (χ0) is 22.7. The Hall–Kier alpha value is -0.990. The van der Waals surface area contributed by atoms with Gasteiger partial charge in [0, 0.05) is 29.2 Å². The highest BCUT2D eigenvalue weighted by atomic mass is 32.2. The molecule has 0 fully saturated rings. The van der Waals surface area contributed by atoms with Gasteiger partial charge in [-0.15, -0.1) is 11.8 Å². The van der Waals surface area contributed by atoms with E-state index in [1.807, 2.05) is 6.92 Å². The van der Waals surface area contributed by atoms with Crippen molar-refractivity contribution >= 4 is 17.7 Å². The van der Waals surface area contributed by atoms with Gasteiger partial charge in [-0.1, -0.05) is 51.7 Å². The van der Waals surface area contributed by atoms with Crippen molar-refractivity contribution in [3.63, 3.8) is 0 Å². The van der Waals surface area contributed by atoms with Crippen molar-refractivity contribution in [1.82, 2.24) is 0 Å². The van der Waals surface area contributed by atoms with Crippen LogP contribution in [0, 0.1) is 11.8 Å². The van der Waals surface area contributed by atoms with E-state index in [4.69, 9.17) is 5.11 Å². The van der Waals surface area contributed by atoms with Gasteiger partial charge in [0.2, 0.25) is 0 Å². The Labute approximate surface area is 181 Å². The standard InChI is InChI=1S/C22H35F3O4S/c1-3-4-8-15(2)13-16(26)10-11-17-19(27)14-18(22(23,24)25)21(17)30-12-7-5-6-9-20(28)29/h10-11,15-17,19,26-27H,3-9,12-14H2,1-2H3,(H,28,29)/b11-10+/t15-,16-,17+,19-/m1/s1. The Morgan fingerprint density at radius 3 is 2.57 bits per heavy atom. The largest absolute Gasteiger partial charge is 0.481 e. The molecule has 0 heterocycles. The zero-order valence-corrected chi connectivity index (χ0v) is 18.6. The van der Waals surface area contributed by atoms with Crippen LogP contribution in [-0.2, 0) is 4.79 Å². The van der Waals surface area contributed by atoms with Gasteiger partial charge in [0.15, 0.2) is 0 Å². The second-order valence-corrected chi connectivity index (χ2v) is 9.26. The quantitative estimate of drug-likeness (QED) is 0.233. The summed E-state index contributed by atoms with van der Waals surface area (Å²) in [4.78, 5) is 10.6. The second-order valence-electron chi connectivity index (χ2n) is 8.13. The van der Waals surface area contributed by atoms with E-state index in [-0.39, 0.29) is 11.3 Å². The fourth-order valence-corrected chi connectivity index (χ4v) is 4.98. The Morgan fingerprint density at radius 2 is 1.97 bits per heavy atom. The molecule has 0 spiro atoms. The van der Waals surface area contributed by atoms with Crippen LogP contribution in [0.5, 0.6) is 0 Å². The van der Waals surface area contributed by atoms with Crippen molar-refractivity contribution in [2.45, 2.75) is 90.0 Å². The molecule has 174 valence electrons. The minimum atomic E-state index is -4.50. The predicted octanol–water partition coefficient (Wildman–Crippen LogP) is 5.70. The van der Waals surface area contributed by atoms with E-state index in [9.17, 15) is 28.2 Å². The highest BCUT2D eigenvalue weighted by Gasteiger charge is 2.45. The molecule has 0 amide bonds. The van der Waals surface area contributed by atoms with Gasteiger partial charge in [-0.05, 0) is 30.9 Å². The van der Waals surface area contributed by atoms with Crippen LogP contribution in [0.1, 0.15) is 71.6 Å². The minimum Gasteiger partial charge on any atom is -0.481 e. The molecule has 0 unspecified atom stereocenters. The summed E-state index contributed by atoms with van der Waals surface area (Å²) < 4.78 is 40.3. The summed E-state index contributed by atoms with van der Waals surface area (Å²) in [6.07, 6.45) is 1.67. The van der Waals surface area contributed by atoms with Crippen molar-refractivity contribution in [3.05, 3.63) is 22.6 Å². The van der Waals surface area contributed by atoms with Crippen LogP contribution in [0.2, 0.25) is 0 Å². The number of alkyl halides is 3. The first-order valence-electron chi connectivity index (χ1n) is 10.8. The van der Waals surface area contributed by atoms with Gasteiger partial charge in [-0.3, -0.25) is 4.79 Å². The maximum atomic E-state index is 13.4. The number of carboxylic acids is 1. The number of aliphatic hydroxyl groups is 2. The molecule has 4 nitrogen and oxygen atoms in total. The van der Waals surface area contributed by atoms with Crippen LogP contribution in [0.15, 0.2) is 22.6 Å². The number of aliphatic carboxylic acids is 1. The fourth-order valence-electron chi connectivity index (χ4n) is 3.61. The molecule has 0 saturated carbocycles. The lowest BCUT2D eigenvalue weighted by Crippen LogP contribution is -2.16. The maximum Gasteiger partial charge on any atom is 0.413 e. The normalized spacial score (nSPS) is 22.1. The zero-order valence-electron chi connectivity index (χ0n) is 17.8. The average molecular weight is 453 g/mol. The van der Waals surface area contributed by atoms with Crippen molar-refractivity contribution < 1.29 is 33.3 Å². The lowest BCUT2D eigenvalue weighted by atomic mass is 9.96. The second kappa shape index (κ2) is 13.4. The summed E-state index contributed by atoms with van der Waals surface area (Å²) in [5.74, 6) is -0.899. The Bertz CT molecular complexity index is 589. The number of halogens is 3. The Morgan fingerprint density at radius 1 is 1.27 bits per heavy atom. The molecule has 0 aromatic rings. The van der Waals surface area contributed by atoms with Gasteiger partial charge in [-0.2, -0.15) is 13.2 Å². The Balaban J connectivity index is 2.73. The third-order valence-electron chi connectivity index (χ3n) is 5.30. The molecule has 30 heavy (non-hydrogen) atoms. The predicted molar refractivity (Wildman–Crippen MR) is 114 cm³/mol.